The van der Waals surface area contributed by atoms with Crippen LogP contribution in [0.3, 0.4) is 0 Å². The van der Waals surface area contributed by atoms with E-state index < -0.39 is 0 Å². The number of amides is 2. The summed E-state index contributed by atoms with van der Waals surface area (Å²) < 4.78 is 3.94. The van der Waals surface area contributed by atoms with Crippen LogP contribution in [0, 0.1) is 0 Å². The van der Waals surface area contributed by atoms with Crippen LogP contribution < -0.4 is 10.6 Å². The number of anilines is 1. The molecule has 0 radical (unpaired) electrons. The van der Waals surface area contributed by atoms with Crippen molar-refractivity contribution in [3.63, 3.8) is 0 Å². The summed E-state index contributed by atoms with van der Waals surface area (Å²) in [5.41, 5.74) is 0. The quantitative estimate of drug-likeness (QED) is 0.804. The zero-order valence-corrected chi connectivity index (χ0v) is 12.6. The summed E-state index contributed by atoms with van der Waals surface area (Å²) in [4.78, 5) is 15.9. The molecular weight excluding hydrogens is 280 g/mol. The van der Waals surface area contributed by atoms with Crippen LogP contribution >= 0.6 is 0 Å². The highest BCUT2D eigenvalue weighted by molar-refractivity contribution is 5.88. The highest BCUT2D eigenvalue weighted by Gasteiger charge is 2.20. The molecule has 2 aromatic heterocycles. The number of aryl methyl sites for hydroxylation is 1. The number of hydrogen-bond donors (Lipinski definition) is 2. The monoisotopic (exact) mass is 302 g/mol. The Morgan fingerprint density at radius 2 is 2.18 bits per heavy atom. The first-order chi connectivity index (χ1) is 10.8. The molecule has 2 N–H and O–H groups in total. The van der Waals surface area contributed by atoms with E-state index in [0.717, 1.165) is 31.6 Å². The number of carbonyl (C=O) groups excluding carboxylic acids is 1. The number of carbonyl (C=O) groups is 1. The molecule has 7 heteroatoms. The minimum absolute atomic E-state index is 0.176. The Bertz CT molecular complexity index is 585. The lowest BCUT2D eigenvalue weighted by atomic mass is 10.2. The van der Waals surface area contributed by atoms with Crippen LogP contribution in [0.1, 0.15) is 38.1 Å². The molecule has 0 aliphatic heterocycles. The predicted octanol–water partition coefficient (Wildman–Crippen LogP) is 2.41. The maximum absolute atomic E-state index is 12.0. The van der Waals surface area contributed by atoms with Crippen molar-refractivity contribution in [3.8, 4) is 0 Å². The summed E-state index contributed by atoms with van der Waals surface area (Å²) in [7, 11) is 0. The van der Waals surface area contributed by atoms with Crippen LogP contribution in [0.4, 0.5) is 10.6 Å². The third-order valence-corrected chi connectivity index (χ3v) is 4.02. The Balaban J connectivity index is 1.43. The lowest BCUT2D eigenvalue weighted by Gasteiger charge is -2.15. The molecule has 7 nitrogen and oxygen atoms in total. The zero-order chi connectivity index (χ0) is 15.2. The third-order valence-electron chi connectivity index (χ3n) is 4.02. The van der Waals surface area contributed by atoms with Gasteiger partial charge in [0, 0.05) is 31.5 Å². The summed E-state index contributed by atoms with van der Waals surface area (Å²) in [6, 6.07) is 2.10. The fraction of sp³-hybridized carbons (Fsp3) is 0.533. The van der Waals surface area contributed by atoms with Crippen LogP contribution in [0.15, 0.2) is 31.0 Å². The van der Waals surface area contributed by atoms with Crippen molar-refractivity contribution in [1.82, 2.24) is 24.6 Å². The topological polar surface area (TPSA) is 76.8 Å². The van der Waals surface area contributed by atoms with Crippen molar-refractivity contribution in [1.29, 1.82) is 0 Å². The van der Waals surface area contributed by atoms with Gasteiger partial charge in [0.05, 0.1) is 18.6 Å². The molecule has 2 heterocycles. The van der Waals surface area contributed by atoms with Crippen molar-refractivity contribution in [2.75, 3.05) is 11.9 Å². The molecule has 2 aromatic rings. The van der Waals surface area contributed by atoms with Gasteiger partial charge in [0.25, 0.3) is 0 Å². The van der Waals surface area contributed by atoms with E-state index in [0.29, 0.717) is 12.6 Å². The van der Waals surface area contributed by atoms with E-state index in [4.69, 9.17) is 0 Å². The van der Waals surface area contributed by atoms with E-state index in [1.807, 2.05) is 21.5 Å². The van der Waals surface area contributed by atoms with Gasteiger partial charge >= 0.3 is 6.03 Å². The van der Waals surface area contributed by atoms with E-state index in [9.17, 15) is 4.79 Å². The SMILES string of the molecule is O=C(NCCCn1ccnc1)Nc1ccnn1C1CCCC1. The molecular formula is C15H22N6O. The van der Waals surface area contributed by atoms with Gasteiger partial charge in [-0.15, -0.1) is 0 Å². The number of hydrogen-bond acceptors (Lipinski definition) is 3. The van der Waals surface area contributed by atoms with Crippen molar-refractivity contribution in [2.24, 2.45) is 0 Å². The number of urea groups is 1. The van der Waals surface area contributed by atoms with Crippen molar-refractivity contribution >= 4 is 11.8 Å². The summed E-state index contributed by atoms with van der Waals surface area (Å²) in [5.74, 6) is 0.777. The fourth-order valence-electron chi connectivity index (χ4n) is 2.90. The molecule has 3 rings (SSSR count). The summed E-state index contributed by atoms with van der Waals surface area (Å²) in [6.45, 7) is 1.47. The van der Waals surface area contributed by atoms with Crippen LogP contribution in [0.25, 0.3) is 0 Å². The number of imidazole rings is 1. The van der Waals surface area contributed by atoms with Gasteiger partial charge in [0.2, 0.25) is 0 Å². The lowest BCUT2D eigenvalue weighted by molar-refractivity contribution is 0.251. The average Bonchev–Trinajstić information content (AvgIpc) is 3.24. The molecule has 118 valence electrons. The molecule has 0 atom stereocenters. The molecule has 0 spiro atoms. The second kappa shape index (κ2) is 7.11. The van der Waals surface area contributed by atoms with Crippen molar-refractivity contribution in [2.45, 2.75) is 44.7 Å². The second-order valence-corrected chi connectivity index (χ2v) is 5.63. The fourth-order valence-corrected chi connectivity index (χ4v) is 2.90. The molecule has 0 aromatic carbocycles. The largest absolute Gasteiger partial charge is 0.338 e. The highest BCUT2D eigenvalue weighted by Crippen LogP contribution is 2.31. The Hall–Kier alpha value is -2.31. The van der Waals surface area contributed by atoms with E-state index in [1.54, 1.807) is 18.7 Å². The van der Waals surface area contributed by atoms with E-state index in [-0.39, 0.29) is 6.03 Å². The number of nitrogens with zero attached hydrogens (tertiary/aromatic N) is 4. The Morgan fingerprint density at radius 1 is 1.32 bits per heavy atom. The Kier molecular flexibility index (Phi) is 4.72. The molecule has 1 saturated carbocycles. The normalized spacial score (nSPS) is 15.1. The molecule has 0 bridgehead atoms. The van der Waals surface area contributed by atoms with Gasteiger partial charge in [-0.1, -0.05) is 12.8 Å². The predicted molar refractivity (Wildman–Crippen MR) is 83.6 cm³/mol. The average molecular weight is 302 g/mol. The first kappa shape index (κ1) is 14.6. The first-order valence-electron chi connectivity index (χ1n) is 7.87. The molecule has 22 heavy (non-hydrogen) atoms. The second-order valence-electron chi connectivity index (χ2n) is 5.63. The van der Waals surface area contributed by atoms with E-state index in [2.05, 4.69) is 20.7 Å². The smallest absolute Gasteiger partial charge is 0.320 e. The summed E-state index contributed by atoms with van der Waals surface area (Å²) in [5, 5.41) is 10.1. The molecule has 0 saturated heterocycles. The zero-order valence-electron chi connectivity index (χ0n) is 12.6. The van der Waals surface area contributed by atoms with Gasteiger partial charge in [0.15, 0.2) is 0 Å². The minimum atomic E-state index is -0.176. The number of nitrogens with one attached hydrogen (secondary N) is 2. The van der Waals surface area contributed by atoms with E-state index in [1.165, 1.54) is 12.8 Å². The van der Waals surface area contributed by atoms with Crippen LogP contribution in [0.5, 0.6) is 0 Å². The maximum atomic E-state index is 12.0. The van der Waals surface area contributed by atoms with Crippen molar-refractivity contribution < 1.29 is 4.79 Å². The molecule has 2 amide bonds. The Morgan fingerprint density at radius 3 is 2.95 bits per heavy atom. The van der Waals surface area contributed by atoms with Gasteiger partial charge in [-0.3, -0.25) is 5.32 Å². The molecule has 1 fully saturated rings. The van der Waals surface area contributed by atoms with E-state index >= 15 is 0 Å². The lowest BCUT2D eigenvalue weighted by Crippen LogP contribution is -2.31. The summed E-state index contributed by atoms with van der Waals surface area (Å²) in [6.07, 6.45) is 12.8. The number of rotatable bonds is 6. The van der Waals surface area contributed by atoms with Gasteiger partial charge < -0.3 is 9.88 Å². The van der Waals surface area contributed by atoms with Gasteiger partial charge in [-0.2, -0.15) is 5.10 Å². The molecule has 1 aliphatic rings. The van der Waals surface area contributed by atoms with Crippen LogP contribution in [-0.4, -0.2) is 31.9 Å². The van der Waals surface area contributed by atoms with Gasteiger partial charge in [-0.25, -0.2) is 14.5 Å². The first-order valence-corrected chi connectivity index (χ1v) is 7.87. The van der Waals surface area contributed by atoms with Gasteiger partial charge in [0.1, 0.15) is 5.82 Å². The third kappa shape index (κ3) is 3.66. The maximum Gasteiger partial charge on any atom is 0.320 e. The summed E-state index contributed by atoms with van der Waals surface area (Å²) >= 11 is 0. The van der Waals surface area contributed by atoms with Crippen LogP contribution in [-0.2, 0) is 6.54 Å². The van der Waals surface area contributed by atoms with Gasteiger partial charge in [-0.05, 0) is 19.3 Å². The molecule has 0 unspecified atom stereocenters. The number of aromatic nitrogens is 4. The standard InChI is InChI=1S/C15H22N6O/c22-15(17-7-3-10-20-11-9-16-12-20)19-14-6-8-18-21(14)13-4-1-2-5-13/h6,8-9,11-13H,1-5,7,10H2,(H2,17,19,22). The minimum Gasteiger partial charge on any atom is -0.338 e. The van der Waals surface area contributed by atoms with Crippen LogP contribution in [0.2, 0.25) is 0 Å². The van der Waals surface area contributed by atoms with Crippen molar-refractivity contribution in [3.05, 3.63) is 31.0 Å². The Labute approximate surface area is 129 Å². The molecule has 1 aliphatic carbocycles. The highest BCUT2D eigenvalue weighted by atomic mass is 16.2.